The quantitative estimate of drug-likeness (QED) is 0.935. The fraction of sp³-hybridized carbons (Fsp3) is 0.278. The molecule has 0 bridgehead atoms. The van der Waals surface area contributed by atoms with E-state index in [1.165, 1.54) is 12.1 Å². The van der Waals surface area contributed by atoms with Crippen LogP contribution in [0.1, 0.15) is 12.5 Å². The van der Waals surface area contributed by atoms with Crippen LogP contribution in [-0.2, 0) is 11.2 Å². The van der Waals surface area contributed by atoms with Gasteiger partial charge in [0.1, 0.15) is 5.82 Å². The van der Waals surface area contributed by atoms with Gasteiger partial charge in [-0.2, -0.15) is 0 Å². The summed E-state index contributed by atoms with van der Waals surface area (Å²) in [5.74, 6) is -0.347. The summed E-state index contributed by atoms with van der Waals surface area (Å²) in [5.41, 5.74) is 9.49. The topological polar surface area (TPSA) is 46.3 Å². The van der Waals surface area contributed by atoms with Gasteiger partial charge in [-0.15, -0.1) is 12.4 Å². The highest BCUT2D eigenvalue weighted by atomic mass is 35.5. The molecule has 1 aliphatic rings. The summed E-state index contributed by atoms with van der Waals surface area (Å²) in [6.07, 6.45) is 0.821. The second kappa shape index (κ2) is 7.11. The number of nitrogens with two attached hydrogens (primary N) is 1. The highest BCUT2D eigenvalue weighted by Crippen LogP contribution is 2.33. The average molecular weight is 335 g/mol. The highest BCUT2D eigenvalue weighted by Gasteiger charge is 2.27. The molecule has 0 saturated heterocycles. The monoisotopic (exact) mass is 334 g/mol. The molecule has 2 aromatic rings. The second-order valence-electron chi connectivity index (χ2n) is 5.73. The van der Waals surface area contributed by atoms with E-state index < -0.39 is 0 Å². The summed E-state index contributed by atoms with van der Waals surface area (Å²) in [6, 6.07) is 12.5. The number of rotatable bonds is 3. The third-order valence-electron chi connectivity index (χ3n) is 4.17. The lowest BCUT2D eigenvalue weighted by atomic mass is 10.0. The Kier molecular flexibility index (Phi) is 5.39. The number of fused-ring (bicyclic) bond motifs is 1. The van der Waals surface area contributed by atoms with Crippen LogP contribution < -0.4 is 10.6 Å². The first-order valence-corrected chi connectivity index (χ1v) is 7.50. The Morgan fingerprint density at radius 3 is 2.70 bits per heavy atom. The lowest BCUT2D eigenvalue weighted by Gasteiger charge is -2.21. The van der Waals surface area contributed by atoms with Gasteiger partial charge in [0.05, 0.1) is 0 Å². The van der Waals surface area contributed by atoms with Gasteiger partial charge in [-0.25, -0.2) is 4.39 Å². The van der Waals surface area contributed by atoms with Crippen LogP contribution in [0, 0.1) is 11.7 Å². The minimum Gasteiger partial charge on any atom is -0.330 e. The largest absolute Gasteiger partial charge is 0.330 e. The molecule has 23 heavy (non-hydrogen) atoms. The molecule has 0 spiro atoms. The Balaban J connectivity index is 0.00000192. The molecular weight excluding hydrogens is 315 g/mol. The van der Waals surface area contributed by atoms with Crippen molar-refractivity contribution in [2.24, 2.45) is 11.7 Å². The van der Waals surface area contributed by atoms with Crippen LogP contribution in [0.2, 0.25) is 0 Å². The van der Waals surface area contributed by atoms with Gasteiger partial charge in [0.2, 0.25) is 5.91 Å². The lowest BCUT2D eigenvalue weighted by molar-refractivity contribution is -0.121. The van der Waals surface area contributed by atoms with Crippen LogP contribution in [0.25, 0.3) is 11.1 Å². The fourth-order valence-electron chi connectivity index (χ4n) is 2.85. The lowest BCUT2D eigenvalue weighted by Crippen LogP contribution is -2.36. The fourth-order valence-corrected chi connectivity index (χ4v) is 2.85. The molecule has 0 aliphatic carbocycles. The maximum Gasteiger partial charge on any atom is 0.231 e. The zero-order valence-corrected chi connectivity index (χ0v) is 13.8. The summed E-state index contributed by atoms with van der Waals surface area (Å²) < 4.78 is 13.4. The van der Waals surface area contributed by atoms with Crippen LogP contribution in [-0.4, -0.2) is 19.0 Å². The zero-order chi connectivity index (χ0) is 15.7. The van der Waals surface area contributed by atoms with Crippen molar-refractivity contribution in [1.82, 2.24) is 0 Å². The van der Waals surface area contributed by atoms with Gasteiger partial charge in [0.25, 0.3) is 0 Å². The molecule has 1 amide bonds. The standard InChI is InChI=1S/C18H19FN2O.ClH/c1-12(11-20)18(22)21-8-7-15-9-14(5-6-17(15)21)13-3-2-4-16(19)10-13;/h2-6,9-10,12H,7-8,11,20H2,1H3;1H. The van der Waals surface area contributed by atoms with E-state index in [1.807, 2.05) is 36.1 Å². The van der Waals surface area contributed by atoms with Gasteiger partial charge in [-0.05, 0) is 47.4 Å². The van der Waals surface area contributed by atoms with Crippen LogP contribution >= 0.6 is 12.4 Å². The smallest absolute Gasteiger partial charge is 0.231 e. The molecule has 1 atom stereocenters. The predicted octanol–water partition coefficient (Wildman–Crippen LogP) is 3.40. The van der Waals surface area contributed by atoms with Gasteiger partial charge in [-0.3, -0.25) is 4.79 Å². The number of amides is 1. The first kappa shape index (κ1) is 17.4. The van der Waals surface area contributed by atoms with Crippen molar-refractivity contribution in [1.29, 1.82) is 0 Å². The van der Waals surface area contributed by atoms with E-state index in [-0.39, 0.29) is 30.0 Å². The predicted molar refractivity (Wildman–Crippen MR) is 93.4 cm³/mol. The van der Waals surface area contributed by atoms with Gasteiger partial charge in [0, 0.05) is 24.7 Å². The molecule has 1 heterocycles. The van der Waals surface area contributed by atoms with Crippen molar-refractivity contribution >= 4 is 24.0 Å². The Hall–Kier alpha value is -1.91. The molecule has 2 aromatic carbocycles. The number of hydrogen-bond acceptors (Lipinski definition) is 2. The maximum atomic E-state index is 13.4. The molecule has 0 fully saturated rings. The van der Waals surface area contributed by atoms with E-state index in [0.29, 0.717) is 13.1 Å². The third-order valence-corrected chi connectivity index (χ3v) is 4.17. The number of anilines is 1. The van der Waals surface area contributed by atoms with E-state index in [2.05, 4.69) is 0 Å². The SMILES string of the molecule is CC(CN)C(=O)N1CCc2cc(-c3cccc(F)c3)ccc21.Cl. The van der Waals surface area contributed by atoms with Crippen molar-refractivity contribution in [3.05, 3.63) is 53.8 Å². The Morgan fingerprint density at radius 1 is 1.26 bits per heavy atom. The minimum atomic E-state index is -0.244. The first-order chi connectivity index (χ1) is 10.6. The third kappa shape index (κ3) is 3.38. The van der Waals surface area contributed by atoms with Crippen molar-refractivity contribution in [2.75, 3.05) is 18.0 Å². The molecule has 2 N–H and O–H groups in total. The minimum absolute atomic E-state index is 0. The van der Waals surface area contributed by atoms with E-state index in [0.717, 1.165) is 28.8 Å². The van der Waals surface area contributed by atoms with E-state index in [1.54, 1.807) is 6.07 Å². The normalized spacial score (nSPS) is 14.1. The molecule has 3 rings (SSSR count). The molecule has 1 aliphatic heterocycles. The van der Waals surface area contributed by atoms with Crippen LogP contribution in [0.3, 0.4) is 0 Å². The number of nitrogens with zero attached hydrogens (tertiary/aromatic N) is 1. The van der Waals surface area contributed by atoms with Crippen LogP contribution in [0.15, 0.2) is 42.5 Å². The van der Waals surface area contributed by atoms with Crippen LogP contribution in [0.4, 0.5) is 10.1 Å². The summed E-state index contributed by atoms with van der Waals surface area (Å²) in [5, 5.41) is 0. The van der Waals surface area contributed by atoms with Crippen LogP contribution in [0.5, 0.6) is 0 Å². The Bertz CT molecular complexity index is 720. The van der Waals surface area contributed by atoms with Gasteiger partial charge < -0.3 is 10.6 Å². The van der Waals surface area contributed by atoms with E-state index in [4.69, 9.17) is 5.73 Å². The molecule has 3 nitrogen and oxygen atoms in total. The molecule has 0 aromatic heterocycles. The zero-order valence-electron chi connectivity index (χ0n) is 13.0. The maximum absolute atomic E-state index is 13.4. The summed E-state index contributed by atoms with van der Waals surface area (Å²) in [4.78, 5) is 14.1. The Labute approximate surface area is 141 Å². The molecule has 0 saturated carbocycles. The van der Waals surface area contributed by atoms with Crippen molar-refractivity contribution in [3.8, 4) is 11.1 Å². The highest BCUT2D eigenvalue weighted by molar-refractivity contribution is 5.97. The number of halogens is 2. The van der Waals surface area contributed by atoms with E-state index >= 15 is 0 Å². The Morgan fingerprint density at radius 2 is 2.00 bits per heavy atom. The van der Waals surface area contributed by atoms with Crippen molar-refractivity contribution < 1.29 is 9.18 Å². The van der Waals surface area contributed by atoms with Gasteiger partial charge in [0.15, 0.2) is 0 Å². The van der Waals surface area contributed by atoms with Gasteiger partial charge >= 0.3 is 0 Å². The van der Waals surface area contributed by atoms with Crippen molar-refractivity contribution in [2.45, 2.75) is 13.3 Å². The van der Waals surface area contributed by atoms with Crippen molar-refractivity contribution in [3.63, 3.8) is 0 Å². The molecule has 5 heteroatoms. The molecule has 122 valence electrons. The van der Waals surface area contributed by atoms with E-state index in [9.17, 15) is 9.18 Å². The summed E-state index contributed by atoms with van der Waals surface area (Å²) >= 11 is 0. The van der Waals surface area contributed by atoms with Gasteiger partial charge in [-0.1, -0.05) is 25.1 Å². The molecular formula is C18H20ClFN2O. The number of benzene rings is 2. The molecule has 1 unspecified atom stereocenters. The second-order valence-corrected chi connectivity index (χ2v) is 5.73. The number of carbonyl (C=O) groups is 1. The average Bonchev–Trinajstić information content (AvgIpc) is 2.96. The summed E-state index contributed by atoms with van der Waals surface area (Å²) in [6.45, 7) is 2.89. The molecule has 0 radical (unpaired) electrons. The number of hydrogen-bond donors (Lipinski definition) is 1. The first-order valence-electron chi connectivity index (χ1n) is 7.50. The number of carbonyl (C=O) groups excluding carboxylic acids is 1. The summed E-state index contributed by atoms with van der Waals surface area (Å²) in [7, 11) is 0.